The van der Waals surface area contributed by atoms with Crippen LogP contribution in [0, 0.1) is 5.41 Å². The van der Waals surface area contributed by atoms with Crippen LogP contribution in [0.5, 0.6) is 0 Å². The molecule has 1 unspecified atom stereocenters. The highest BCUT2D eigenvalue weighted by molar-refractivity contribution is 6.76. The van der Waals surface area contributed by atoms with Crippen LogP contribution in [0.3, 0.4) is 0 Å². The highest BCUT2D eigenvalue weighted by Crippen LogP contribution is 2.43. The van der Waals surface area contributed by atoms with Crippen LogP contribution in [-0.2, 0) is 4.79 Å². The second-order valence-corrected chi connectivity index (χ2v) is 12.1. The van der Waals surface area contributed by atoms with E-state index in [-0.39, 0.29) is 11.2 Å². The molecule has 1 aliphatic carbocycles. The molecule has 0 aromatic heterocycles. The molecular formula is C15H24OSi. The first-order chi connectivity index (χ1) is 7.66. The predicted octanol–water partition coefficient (Wildman–Crippen LogP) is 4.36. The normalized spacial score (nSPS) is 24.7. The summed E-state index contributed by atoms with van der Waals surface area (Å²) < 4.78 is 0. The van der Waals surface area contributed by atoms with Crippen molar-refractivity contribution >= 4 is 13.9 Å². The third kappa shape index (κ3) is 3.81. The lowest BCUT2D eigenvalue weighted by Crippen LogP contribution is -2.23. The van der Waals surface area contributed by atoms with Gasteiger partial charge in [-0.05, 0) is 24.1 Å². The number of carbonyl (C=O) groups is 1. The quantitative estimate of drug-likeness (QED) is 0.522. The molecule has 0 aromatic carbocycles. The smallest absolute Gasteiger partial charge is 0.156 e. The molecule has 0 radical (unpaired) electrons. The number of carbonyl (C=O) groups excluding carboxylic acids is 1. The summed E-state index contributed by atoms with van der Waals surface area (Å²) in [5, 5.41) is 0. The van der Waals surface area contributed by atoms with Crippen molar-refractivity contribution in [2.24, 2.45) is 5.41 Å². The Labute approximate surface area is 106 Å². The lowest BCUT2D eigenvalue weighted by Gasteiger charge is -2.28. The standard InChI is InChI=1S/C15H24OSi/c1-7-13-8-14(16)10-15(13,3)9-12(2)11-17(4,5)6/h7-8H,1-2,9-11H2,3-6H3. The highest BCUT2D eigenvalue weighted by atomic mass is 28.3. The van der Waals surface area contributed by atoms with Gasteiger partial charge in [-0.3, -0.25) is 4.79 Å². The number of hydrogen-bond acceptors (Lipinski definition) is 1. The molecule has 17 heavy (non-hydrogen) atoms. The second kappa shape index (κ2) is 4.77. The van der Waals surface area contributed by atoms with Crippen molar-refractivity contribution in [3.8, 4) is 0 Å². The molecule has 0 amide bonds. The molecule has 1 aliphatic rings. The molecule has 0 aliphatic heterocycles. The molecule has 0 spiro atoms. The molecule has 0 bridgehead atoms. The lowest BCUT2D eigenvalue weighted by atomic mass is 9.78. The number of ketones is 1. The third-order valence-corrected chi connectivity index (χ3v) is 4.78. The number of hydrogen-bond donors (Lipinski definition) is 0. The van der Waals surface area contributed by atoms with Crippen LogP contribution < -0.4 is 0 Å². The molecule has 0 saturated heterocycles. The van der Waals surface area contributed by atoms with Gasteiger partial charge in [-0.2, -0.15) is 0 Å². The molecule has 1 atom stereocenters. The first-order valence-electron chi connectivity index (χ1n) is 6.20. The largest absolute Gasteiger partial charge is 0.295 e. The minimum Gasteiger partial charge on any atom is -0.295 e. The van der Waals surface area contributed by atoms with Crippen molar-refractivity contribution in [1.82, 2.24) is 0 Å². The highest BCUT2D eigenvalue weighted by Gasteiger charge is 2.35. The van der Waals surface area contributed by atoms with Crippen molar-refractivity contribution in [3.63, 3.8) is 0 Å². The first-order valence-corrected chi connectivity index (χ1v) is 9.91. The fourth-order valence-electron chi connectivity index (χ4n) is 2.72. The summed E-state index contributed by atoms with van der Waals surface area (Å²) in [5.74, 6) is 0.225. The molecular weight excluding hydrogens is 224 g/mol. The maximum Gasteiger partial charge on any atom is 0.156 e. The van der Waals surface area contributed by atoms with Gasteiger partial charge < -0.3 is 0 Å². The zero-order chi connectivity index (χ0) is 13.3. The summed E-state index contributed by atoms with van der Waals surface area (Å²) in [4.78, 5) is 11.5. The maximum atomic E-state index is 11.5. The lowest BCUT2D eigenvalue weighted by molar-refractivity contribution is -0.115. The summed E-state index contributed by atoms with van der Waals surface area (Å²) in [6, 6.07) is 1.14. The SMILES string of the molecule is C=CC1=CC(=O)CC1(C)CC(=C)C[Si](C)(C)C. The van der Waals surface area contributed by atoms with Gasteiger partial charge in [-0.15, -0.1) is 6.58 Å². The minimum absolute atomic E-state index is 0.0600. The van der Waals surface area contributed by atoms with Gasteiger partial charge in [0.1, 0.15) is 0 Å². The van der Waals surface area contributed by atoms with Crippen LogP contribution in [0.25, 0.3) is 0 Å². The van der Waals surface area contributed by atoms with E-state index in [1.807, 2.05) is 6.08 Å². The number of allylic oxidation sites excluding steroid dienone is 4. The van der Waals surface area contributed by atoms with Crippen LogP contribution in [0.1, 0.15) is 19.8 Å². The van der Waals surface area contributed by atoms with Gasteiger partial charge in [0.05, 0.1) is 0 Å². The minimum atomic E-state index is -1.10. The second-order valence-electron chi connectivity index (χ2n) is 6.67. The zero-order valence-corrected chi connectivity index (χ0v) is 12.6. The molecule has 1 nitrogen and oxygen atoms in total. The molecule has 0 heterocycles. The fourth-order valence-corrected chi connectivity index (χ4v) is 4.34. The van der Waals surface area contributed by atoms with Crippen molar-refractivity contribution < 1.29 is 4.79 Å². The third-order valence-electron chi connectivity index (χ3n) is 3.22. The summed E-state index contributed by atoms with van der Waals surface area (Å²) in [6.45, 7) is 17.2. The van der Waals surface area contributed by atoms with Crippen LogP contribution in [0.2, 0.25) is 25.7 Å². The summed E-state index contributed by atoms with van der Waals surface area (Å²) in [7, 11) is -1.10. The first kappa shape index (κ1) is 14.2. The topological polar surface area (TPSA) is 17.1 Å². The van der Waals surface area contributed by atoms with Gasteiger partial charge in [0.25, 0.3) is 0 Å². The molecule has 0 saturated carbocycles. The maximum absolute atomic E-state index is 11.5. The monoisotopic (exact) mass is 248 g/mol. The van der Waals surface area contributed by atoms with Gasteiger partial charge in [0.15, 0.2) is 5.78 Å². The van der Waals surface area contributed by atoms with E-state index in [1.54, 1.807) is 6.08 Å². The molecule has 2 heteroatoms. The van der Waals surface area contributed by atoms with Gasteiger partial charge >= 0.3 is 0 Å². The van der Waals surface area contributed by atoms with E-state index in [4.69, 9.17) is 0 Å². The Morgan fingerprint density at radius 3 is 2.59 bits per heavy atom. The predicted molar refractivity (Wildman–Crippen MR) is 77.9 cm³/mol. The molecule has 0 N–H and O–H groups in total. The fraction of sp³-hybridized carbons (Fsp3) is 0.533. The van der Waals surface area contributed by atoms with Gasteiger partial charge in [0, 0.05) is 19.9 Å². The van der Waals surface area contributed by atoms with E-state index < -0.39 is 8.07 Å². The van der Waals surface area contributed by atoms with Crippen LogP contribution in [0.15, 0.2) is 36.5 Å². The van der Waals surface area contributed by atoms with Crippen molar-refractivity contribution in [2.45, 2.75) is 45.5 Å². The van der Waals surface area contributed by atoms with Crippen LogP contribution in [0.4, 0.5) is 0 Å². The number of rotatable bonds is 5. The van der Waals surface area contributed by atoms with E-state index in [0.717, 1.165) is 18.0 Å². The Hall–Kier alpha value is -0.893. The Morgan fingerprint density at radius 1 is 1.53 bits per heavy atom. The van der Waals surface area contributed by atoms with E-state index in [0.29, 0.717) is 6.42 Å². The van der Waals surface area contributed by atoms with E-state index in [1.165, 1.54) is 5.57 Å². The van der Waals surface area contributed by atoms with E-state index >= 15 is 0 Å². The Balaban J connectivity index is 2.75. The zero-order valence-electron chi connectivity index (χ0n) is 11.6. The van der Waals surface area contributed by atoms with Gasteiger partial charge in [-0.1, -0.05) is 44.8 Å². The molecule has 94 valence electrons. The van der Waals surface area contributed by atoms with Crippen molar-refractivity contribution in [2.75, 3.05) is 0 Å². The van der Waals surface area contributed by atoms with Crippen molar-refractivity contribution in [1.29, 1.82) is 0 Å². The Morgan fingerprint density at radius 2 is 2.12 bits per heavy atom. The van der Waals surface area contributed by atoms with Gasteiger partial charge in [-0.25, -0.2) is 0 Å². The molecule has 0 aromatic rings. The van der Waals surface area contributed by atoms with Crippen molar-refractivity contribution in [3.05, 3.63) is 36.5 Å². The summed E-state index contributed by atoms with van der Waals surface area (Å²) in [6.07, 6.45) is 5.10. The van der Waals surface area contributed by atoms with Gasteiger partial charge in [0.2, 0.25) is 0 Å². The summed E-state index contributed by atoms with van der Waals surface area (Å²) in [5.41, 5.74) is 2.31. The van der Waals surface area contributed by atoms with E-state index in [9.17, 15) is 4.79 Å². The summed E-state index contributed by atoms with van der Waals surface area (Å²) >= 11 is 0. The van der Waals surface area contributed by atoms with Crippen LogP contribution in [-0.4, -0.2) is 13.9 Å². The Bertz CT molecular complexity index is 384. The molecule has 1 rings (SSSR count). The molecule has 0 fully saturated rings. The average Bonchev–Trinajstić information content (AvgIpc) is 2.36. The van der Waals surface area contributed by atoms with Crippen LogP contribution >= 0.6 is 0 Å². The average molecular weight is 248 g/mol. The van der Waals surface area contributed by atoms with E-state index in [2.05, 4.69) is 39.7 Å². The Kier molecular flexibility index (Phi) is 3.98.